The second-order valence-electron chi connectivity index (χ2n) is 19.8. The number of halogens is 5. The molecule has 2 saturated heterocycles. The molecular formula is C58H57Cl3F2N8O6S2. The van der Waals surface area contributed by atoms with Crippen molar-refractivity contribution in [1.82, 2.24) is 19.6 Å². The first-order valence-electron chi connectivity index (χ1n) is 26.1. The van der Waals surface area contributed by atoms with Crippen LogP contribution in [0, 0.1) is 34.3 Å². The molecule has 4 heterocycles. The molecule has 2 saturated carbocycles. The van der Waals surface area contributed by atoms with E-state index in [0.29, 0.717) is 42.2 Å². The van der Waals surface area contributed by atoms with Gasteiger partial charge in [0, 0.05) is 41.0 Å². The quantitative estimate of drug-likeness (QED) is 0.108. The summed E-state index contributed by atoms with van der Waals surface area (Å²) in [6.45, 7) is 1.72. The predicted octanol–water partition coefficient (Wildman–Crippen LogP) is 12.1. The number of para-hydroxylation sites is 2. The minimum Gasteiger partial charge on any atom is -0.306 e. The summed E-state index contributed by atoms with van der Waals surface area (Å²) in [5, 5.41) is 20.1. The van der Waals surface area contributed by atoms with Crippen LogP contribution in [0.4, 0.5) is 20.2 Å². The van der Waals surface area contributed by atoms with Gasteiger partial charge in [-0.15, -0.1) is 0 Å². The zero-order valence-corrected chi connectivity index (χ0v) is 46.9. The number of nitriles is 2. The molecule has 14 nitrogen and oxygen atoms in total. The first kappa shape index (κ1) is 58.8. The van der Waals surface area contributed by atoms with Crippen LogP contribution in [0.2, 0.25) is 10.0 Å². The lowest BCUT2D eigenvalue weighted by Crippen LogP contribution is -2.59. The Morgan fingerprint density at radius 3 is 1.44 bits per heavy atom. The van der Waals surface area contributed by atoms with E-state index in [-0.39, 0.29) is 36.2 Å². The first-order chi connectivity index (χ1) is 38.0. The van der Waals surface area contributed by atoms with E-state index in [2.05, 4.69) is 28.5 Å². The van der Waals surface area contributed by atoms with Crippen molar-refractivity contribution in [3.63, 3.8) is 0 Å². The van der Waals surface area contributed by atoms with Crippen molar-refractivity contribution in [3.05, 3.63) is 177 Å². The van der Waals surface area contributed by atoms with Gasteiger partial charge in [-0.1, -0.05) is 110 Å². The van der Waals surface area contributed by atoms with Gasteiger partial charge in [0.15, 0.2) is 0 Å². The van der Waals surface area contributed by atoms with Gasteiger partial charge >= 0.3 is 0 Å². The maximum Gasteiger partial charge on any atom is 0.261 e. The van der Waals surface area contributed by atoms with E-state index in [4.69, 9.17) is 44.1 Å². The summed E-state index contributed by atoms with van der Waals surface area (Å²) < 4.78 is 76.7. The van der Waals surface area contributed by atoms with Crippen LogP contribution < -0.4 is 15.1 Å². The number of carbonyl (C=O) groups is 2. The van der Waals surface area contributed by atoms with E-state index in [0.717, 1.165) is 59.7 Å². The lowest BCUT2D eigenvalue weighted by atomic mass is 9.85. The second kappa shape index (κ2) is 26.7. The van der Waals surface area contributed by atoms with Crippen LogP contribution in [0.5, 0.6) is 0 Å². The third-order valence-electron chi connectivity index (χ3n) is 14.7. The molecule has 4 fully saturated rings. The highest BCUT2D eigenvalue weighted by atomic mass is 35.7. The fraction of sp³-hybridized carbons (Fsp3) is 0.345. The molecule has 6 aromatic rings. The molecule has 2 aliphatic carbocycles. The lowest BCUT2D eigenvalue weighted by Gasteiger charge is -2.41. The highest BCUT2D eigenvalue weighted by molar-refractivity contribution is 8.13. The molecule has 0 bridgehead atoms. The third kappa shape index (κ3) is 14.5. The monoisotopic (exact) mass is 1170 g/mol. The van der Waals surface area contributed by atoms with Crippen LogP contribution in [0.3, 0.4) is 0 Å². The molecule has 10 rings (SSSR count). The molecule has 1 N–H and O–H groups in total. The summed E-state index contributed by atoms with van der Waals surface area (Å²) >= 11 is 11.2. The number of nitrogens with zero attached hydrogens (tertiary/aromatic N) is 7. The summed E-state index contributed by atoms with van der Waals surface area (Å²) in [5.74, 6) is -1.09. The van der Waals surface area contributed by atoms with Gasteiger partial charge in [-0.05, 0) is 129 Å². The average molecular weight is 1170 g/mol. The van der Waals surface area contributed by atoms with E-state index in [1.165, 1.54) is 67.4 Å². The number of pyridine rings is 2. The molecule has 2 unspecified atom stereocenters. The Morgan fingerprint density at radius 1 is 0.620 bits per heavy atom. The Hall–Kier alpha value is -6.35. The van der Waals surface area contributed by atoms with Gasteiger partial charge in [-0.3, -0.25) is 19.6 Å². The minimum absolute atomic E-state index is 0.0586. The van der Waals surface area contributed by atoms with E-state index in [9.17, 15) is 40.5 Å². The Kier molecular flexibility index (Phi) is 19.9. The van der Waals surface area contributed by atoms with E-state index >= 15 is 0 Å². The van der Waals surface area contributed by atoms with E-state index in [1.807, 2.05) is 71.9 Å². The Morgan fingerprint density at radius 2 is 1.06 bits per heavy atom. The van der Waals surface area contributed by atoms with Gasteiger partial charge in [-0.25, -0.2) is 25.6 Å². The zero-order chi connectivity index (χ0) is 56.3. The molecule has 2 atom stereocenters. The Bertz CT molecular complexity index is 3430. The van der Waals surface area contributed by atoms with Crippen LogP contribution in [0.25, 0.3) is 0 Å². The van der Waals surface area contributed by atoms with Crippen LogP contribution in [0.15, 0.2) is 131 Å². The molecular weight excluding hydrogens is 1110 g/mol. The number of carbonyl (C=O) groups excluding carboxylic acids is 2. The zero-order valence-electron chi connectivity index (χ0n) is 43.0. The van der Waals surface area contributed by atoms with E-state index in [1.54, 1.807) is 24.3 Å². The maximum atomic E-state index is 14.3. The second-order valence-corrected chi connectivity index (χ2v) is 25.0. The SMILES string of the molecule is N#Cc1cc(S(=O)(=O)Cl)cc(F)c1Cl.N#Cc1cc(S(=O)(=O)N2CCC2C(=O)N(Cc2ccc(C3CCCCC3)cn2)c2ccccc2)cc(F)c1Cl.O=C(C1CCN1)N(Cc1ccc(C2CCCCC2)cn1)c1ccccc1. The topological polar surface area (TPSA) is 198 Å². The van der Waals surface area contributed by atoms with E-state index < -0.39 is 62.5 Å². The van der Waals surface area contributed by atoms with Crippen LogP contribution in [-0.4, -0.2) is 68.1 Å². The summed E-state index contributed by atoms with van der Waals surface area (Å²) in [4.78, 5) is 38.5. The van der Waals surface area contributed by atoms with Crippen molar-refractivity contribution >= 4 is 76.1 Å². The summed E-state index contributed by atoms with van der Waals surface area (Å²) in [7, 11) is -3.34. The number of benzene rings is 4. The molecule has 4 aliphatic rings. The van der Waals surface area contributed by atoms with Crippen molar-refractivity contribution in [2.75, 3.05) is 22.9 Å². The normalized spacial score (nSPS) is 17.7. The number of rotatable bonds is 13. The molecule has 2 amide bonds. The summed E-state index contributed by atoms with van der Waals surface area (Å²) in [6, 6.07) is 32.9. The molecule has 412 valence electrons. The number of hydrogen-bond donors (Lipinski definition) is 1. The molecule has 2 aromatic heterocycles. The van der Waals surface area contributed by atoms with Crippen LogP contribution in [0.1, 0.15) is 123 Å². The number of amides is 2. The van der Waals surface area contributed by atoms with Crippen molar-refractivity contribution in [2.45, 2.75) is 124 Å². The largest absolute Gasteiger partial charge is 0.306 e. The van der Waals surface area contributed by atoms with Gasteiger partial charge in [0.05, 0.1) is 61.5 Å². The van der Waals surface area contributed by atoms with Gasteiger partial charge in [0.1, 0.15) is 29.8 Å². The number of sulfonamides is 1. The molecule has 0 spiro atoms. The predicted molar refractivity (Wildman–Crippen MR) is 299 cm³/mol. The van der Waals surface area contributed by atoms with Crippen molar-refractivity contribution in [3.8, 4) is 12.1 Å². The summed E-state index contributed by atoms with van der Waals surface area (Å²) in [5.41, 5.74) is 5.20. The Balaban J connectivity index is 0.000000176. The van der Waals surface area contributed by atoms with Gasteiger partial charge in [0.25, 0.3) is 9.05 Å². The highest BCUT2D eigenvalue weighted by Crippen LogP contribution is 2.36. The highest BCUT2D eigenvalue weighted by Gasteiger charge is 2.45. The first-order valence-corrected chi connectivity index (χ1v) is 30.6. The number of anilines is 2. The molecule has 0 radical (unpaired) electrons. The van der Waals surface area contributed by atoms with Crippen molar-refractivity contribution in [2.24, 2.45) is 0 Å². The summed E-state index contributed by atoms with van der Waals surface area (Å²) in [6.07, 6.45) is 17.8. The smallest absolute Gasteiger partial charge is 0.261 e. The van der Waals surface area contributed by atoms with Crippen LogP contribution in [-0.2, 0) is 41.8 Å². The lowest BCUT2D eigenvalue weighted by molar-refractivity contribution is -0.125. The van der Waals surface area contributed by atoms with Crippen LogP contribution >= 0.6 is 33.9 Å². The van der Waals surface area contributed by atoms with Crippen molar-refractivity contribution < 1.29 is 35.2 Å². The molecule has 21 heteroatoms. The van der Waals surface area contributed by atoms with Crippen molar-refractivity contribution in [1.29, 1.82) is 10.5 Å². The number of hydrogen-bond acceptors (Lipinski definition) is 11. The standard InChI is InChI=1S/C29H28ClFN4O3S.C22H27N3O.C7H2Cl2FNO2S/c30-28-22(17-32)15-25(16-26(28)31)39(37,38)35-14-13-27(35)29(36)34(24-9-5-2-6-10-24)19-23-12-11-21(18-33-23)20-7-3-1-4-8-20;26-22(21-13-14-23-21)25(20-9-5-2-6-10-20)16-19-12-11-18(15-24-19)17-7-3-1-4-8-17;8-7-4(3-11)1-5(2-6(7)10)14(9,12)13/h2,5-6,9-12,15-16,18,20,27H,1,3-4,7-8,13-14,19H2;2,5-6,9-12,15,17,21,23H,1,3-4,7-8,13-14,16H2;1-2H. The number of nitrogens with one attached hydrogen (secondary N) is 1. The van der Waals surface area contributed by atoms with Gasteiger partial charge < -0.3 is 15.1 Å². The number of aromatic nitrogens is 2. The fourth-order valence-corrected chi connectivity index (χ4v) is 12.8. The van der Waals surface area contributed by atoms with Gasteiger partial charge in [-0.2, -0.15) is 14.8 Å². The van der Waals surface area contributed by atoms with Gasteiger partial charge in [0.2, 0.25) is 21.8 Å². The molecule has 79 heavy (non-hydrogen) atoms. The molecule has 2 aliphatic heterocycles. The Labute approximate surface area is 474 Å². The minimum atomic E-state index is -4.25. The fourth-order valence-electron chi connectivity index (χ4n) is 10.0. The molecule has 4 aromatic carbocycles. The maximum absolute atomic E-state index is 14.3. The average Bonchev–Trinajstić information content (AvgIpc) is 3.43. The third-order valence-corrected chi connectivity index (χ3v) is 18.7.